The second-order valence-electron chi connectivity index (χ2n) is 9.22. The average molecular weight is 594 g/mol. The van der Waals surface area contributed by atoms with E-state index in [1.165, 1.54) is 44.0 Å². The Labute approximate surface area is 233 Å². The lowest BCUT2D eigenvalue weighted by Crippen LogP contribution is -2.39. The van der Waals surface area contributed by atoms with Crippen LogP contribution in [0.25, 0.3) is 11.2 Å². The van der Waals surface area contributed by atoms with Crippen molar-refractivity contribution in [2.24, 2.45) is 5.41 Å². The third kappa shape index (κ3) is 6.09. The van der Waals surface area contributed by atoms with Crippen LogP contribution < -0.4 is 20.1 Å². The number of rotatable bonds is 11. The van der Waals surface area contributed by atoms with Crippen molar-refractivity contribution in [3.05, 3.63) is 36.4 Å². The van der Waals surface area contributed by atoms with Crippen LogP contribution >= 0.6 is 7.75 Å². The van der Waals surface area contributed by atoms with Gasteiger partial charge in [0.1, 0.15) is 35.2 Å². The Balaban J connectivity index is 1.60. The first-order valence-corrected chi connectivity index (χ1v) is 13.9. The summed E-state index contributed by atoms with van der Waals surface area (Å²) in [4.78, 5) is 24.6. The Morgan fingerprint density at radius 2 is 2.10 bits per heavy atom. The van der Waals surface area contributed by atoms with Crippen molar-refractivity contribution in [2.45, 2.75) is 45.2 Å². The molecule has 1 fully saturated rings. The molecule has 6 unspecified atom stereocenters. The number of halogens is 1. The van der Waals surface area contributed by atoms with Crippen molar-refractivity contribution in [3.63, 3.8) is 0 Å². The summed E-state index contributed by atoms with van der Waals surface area (Å²) in [6.07, 6.45) is -2.49. The highest BCUT2D eigenvalue weighted by Crippen LogP contribution is 2.49. The van der Waals surface area contributed by atoms with Crippen LogP contribution in [0.4, 0.5) is 10.3 Å². The fourth-order valence-corrected chi connectivity index (χ4v) is 5.70. The van der Waals surface area contributed by atoms with Crippen LogP contribution in [-0.4, -0.2) is 69.2 Å². The number of hydrogen-bond acceptors (Lipinski definition) is 13. The molecule has 4 rings (SSSR count). The Morgan fingerprint density at radius 3 is 2.73 bits per heavy atom. The number of ether oxygens (including phenoxy) is 3. The van der Waals surface area contributed by atoms with Crippen LogP contribution in [0.2, 0.25) is 0 Å². The van der Waals surface area contributed by atoms with E-state index in [4.69, 9.17) is 29.0 Å². The van der Waals surface area contributed by atoms with E-state index in [-0.39, 0.29) is 35.3 Å². The SMILES string of the molecule is CCOC(=O)C(C)NP(=O)(OCC1OC(n2cnc3c(OC)nc(N)nc32)C(C)(C#N)C1O)Oc1ccc(F)cc1. The van der Waals surface area contributed by atoms with Gasteiger partial charge in [-0.15, -0.1) is 0 Å². The Kier molecular flexibility index (Phi) is 8.76. The standard InChI is InChI=1S/C24H29FN7O8P/c1-5-37-21(34)13(2)31-41(35,40-15-8-6-14(25)7-9-15)38-10-16-18(33)24(3,11-26)22(39-16)32-12-28-17-19(32)29-23(27)30-20(17)36-4/h6-9,12-13,16,18,22,33H,5,10H2,1-4H3,(H,31,35)(H2,27,29,30). The summed E-state index contributed by atoms with van der Waals surface area (Å²) < 4.78 is 55.9. The second kappa shape index (κ2) is 11.9. The predicted molar refractivity (Wildman–Crippen MR) is 140 cm³/mol. The van der Waals surface area contributed by atoms with Gasteiger partial charge in [0, 0.05) is 0 Å². The van der Waals surface area contributed by atoms with E-state index in [1.54, 1.807) is 6.92 Å². The minimum atomic E-state index is -4.38. The van der Waals surface area contributed by atoms with Gasteiger partial charge in [-0.25, -0.2) is 13.9 Å². The number of benzene rings is 1. The van der Waals surface area contributed by atoms with Crippen LogP contribution in [-0.2, 0) is 23.4 Å². The highest BCUT2D eigenvalue weighted by molar-refractivity contribution is 7.52. The normalized spacial score (nSPS) is 24.4. The number of nitrogens with zero attached hydrogens (tertiary/aromatic N) is 5. The maximum Gasteiger partial charge on any atom is 0.459 e. The van der Waals surface area contributed by atoms with E-state index in [0.717, 1.165) is 12.1 Å². The molecule has 17 heteroatoms. The van der Waals surface area contributed by atoms with Crippen molar-refractivity contribution >= 4 is 30.8 Å². The minimum Gasteiger partial charge on any atom is -0.479 e. The highest BCUT2D eigenvalue weighted by Gasteiger charge is 2.55. The molecule has 0 aliphatic carbocycles. The van der Waals surface area contributed by atoms with Gasteiger partial charge in [-0.2, -0.15) is 20.3 Å². The fraction of sp³-hybridized carbons (Fsp3) is 0.458. The number of nitrogens with two attached hydrogens (primary N) is 1. The molecule has 1 aliphatic heterocycles. The summed E-state index contributed by atoms with van der Waals surface area (Å²) in [5.74, 6) is -1.32. The van der Waals surface area contributed by atoms with Crippen molar-refractivity contribution in [3.8, 4) is 17.7 Å². The lowest BCUT2D eigenvalue weighted by molar-refractivity contribution is -0.144. The number of anilines is 1. The molecule has 220 valence electrons. The summed E-state index contributed by atoms with van der Waals surface area (Å²) in [5, 5.41) is 23.7. The Morgan fingerprint density at radius 1 is 1.39 bits per heavy atom. The quantitative estimate of drug-likeness (QED) is 0.215. The van der Waals surface area contributed by atoms with Crippen LogP contribution in [0.1, 0.15) is 27.0 Å². The zero-order valence-corrected chi connectivity index (χ0v) is 23.4. The highest BCUT2D eigenvalue weighted by atomic mass is 31.2. The zero-order valence-electron chi connectivity index (χ0n) is 22.6. The van der Waals surface area contributed by atoms with Gasteiger partial charge in [0.15, 0.2) is 17.4 Å². The molecule has 0 spiro atoms. The zero-order chi connectivity index (χ0) is 29.9. The lowest BCUT2D eigenvalue weighted by atomic mass is 9.84. The summed E-state index contributed by atoms with van der Waals surface area (Å²) in [6.45, 7) is 3.99. The number of fused-ring (bicyclic) bond motifs is 1. The van der Waals surface area contributed by atoms with Gasteiger partial charge < -0.3 is 29.6 Å². The summed E-state index contributed by atoms with van der Waals surface area (Å²) >= 11 is 0. The first-order chi connectivity index (χ1) is 19.4. The molecule has 3 aromatic rings. The molecule has 0 bridgehead atoms. The summed E-state index contributed by atoms with van der Waals surface area (Å²) in [6, 6.07) is 5.55. The molecule has 4 N–H and O–H groups in total. The van der Waals surface area contributed by atoms with E-state index in [1.807, 2.05) is 0 Å². The Hall–Kier alpha value is -3.87. The fourth-order valence-electron chi connectivity index (χ4n) is 4.19. The maximum absolute atomic E-state index is 13.8. The molecule has 0 radical (unpaired) electrons. The summed E-state index contributed by atoms with van der Waals surface area (Å²) in [7, 11) is -2.99. The molecule has 1 aliphatic rings. The van der Waals surface area contributed by atoms with E-state index >= 15 is 0 Å². The smallest absolute Gasteiger partial charge is 0.459 e. The number of aliphatic hydroxyl groups excluding tert-OH is 1. The van der Waals surface area contributed by atoms with Gasteiger partial charge >= 0.3 is 13.7 Å². The van der Waals surface area contributed by atoms with Crippen molar-refractivity contribution in [1.82, 2.24) is 24.6 Å². The molecule has 1 aromatic carbocycles. The molecular weight excluding hydrogens is 564 g/mol. The van der Waals surface area contributed by atoms with Crippen molar-refractivity contribution in [2.75, 3.05) is 26.1 Å². The van der Waals surface area contributed by atoms with Gasteiger partial charge in [0.2, 0.25) is 11.8 Å². The monoisotopic (exact) mass is 593 g/mol. The van der Waals surface area contributed by atoms with Gasteiger partial charge in [-0.05, 0) is 45.0 Å². The largest absolute Gasteiger partial charge is 0.479 e. The van der Waals surface area contributed by atoms with Crippen molar-refractivity contribution < 1.29 is 42.1 Å². The number of imidazole rings is 1. The molecule has 1 saturated heterocycles. The molecule has 3 heterocycles. The number of nitrogens with one attached hydrogen (secondary N) is 1. The average Bonchev–Trinajstić information content (AvgIpc) is 3.46. The van der Waals surface area contributed by atoms with E-state index in [9.17, 15) is 24.1 Å². The molecule has 2 aromatic heterocycles. The number of nitrogen functional groups attached to an aromatic ring is 1. The number of esters is 1. The van der Waals surface area contributed by atoms with Gasteiger partial charge in [-0.3, -0.25) is 13.9 Å². The number of hydrogen-bond donors (Lipinski definition) is 3. The number of aromatic nitrogens is 4. The number of carbonyl (C=O) groups is 1. The molecular formula is C24H29FN7O8P. The third-order valence-corrected chi connectivity index (χ3v) is 7.96. The second-order valence-corrected chi connectivity index (χ2v) is 10.9. The number of carbonyl (C=O) groups excluding carboxylic acids is 1. The first kappa shape index (κ1) is 30.1. The van der Waals surface area contributed by atoms with Crippen LogP contribution in [0.15, 0.2) is 30.6 Å². The Bertz CT molecular complexity index is 1500. The third-order valence-electron chi connectivity index (χ3n) is 6.32. The van der Waals surface area contributed by atoms with E-state index < -0.39 is 56.0 Å². The molecule has 6 atom stereocenters. The van der Waals surface area contributed by atoms with Gasteiger partial charge in [0.05, 0.1) is 32.7 Å². The predicted octanol–water partition coefficient (Wildman–Crippen LogP) is 2.09. The summed E-state index contributed by atoms with van der Waals surface area (Å²) in [5.41, 5.74) is 4.67. The van der Waals surface area contributed by atoms with Gasteiger partial charge in [0.25, 0.3) is 0 Å². The van der Waals surface area contributed by atoms with Crippen LogP contribution in [0.5, 0.6) is 11.6 Å². The minimum absolute atomic E-state index is 0.0259. The molecule has 0 saturated carbocycles. The van der Waals surface area contributed by atoms with E-state index in [2.05, 4.69) is 26.1 Å². The number of nitriles is 1. The number of methoxy groups -OCH3 is 1. The number of aliphatic hydroxyl groups is 1. The van der Waals surface area contributed by atoms with E-state index in [0.29, 0.717) is 0 Å². The van der Waals surface area contributed by atoms with Crippen LogP contribution in [0.3, 0.4) is 0 Å². The van der Waals surface area contributed by atoms with Gasteiger partial charge in [-0.1, -0.05) is 0 Å². The lowest BCUT2D eigenvalue weighted by Gasteiger charge is -2.26. The molecule has 15 nitrogen and oxygen atoms in total. The first-order valence-electron chi connectivity index (χ1n) is 12.4. The topological polar surface area (TPSA) is 206 Å². The van der Waals surface area contributed by atoms with Crippen molar-refractivity contribution in [1.29, 1.82) is 5.26 Å². The molecule has 41 heavy (non-hydrogen) atoms. The molecule has 0 amide bonds. The maximum atomic E-state index is 13.8. The van der Waals surface area contributed by atoms with Crippen LogP contribution in [0, 0.1) is 22.6 Å².